The van der Waals surface area contributed by atoms with Gasteiger partial charge in [-0.25, -0.2) is 0 Å². The van der Waals surface area contributed by atoms with Crippen molar-refractivity contribution in [1.82, 2.24) is 5.32 Å². The van der Waals surface area contributed by atoms with Crippen LogP contribution in [-0.2, 0) is 4.79 Å². The fourth-order valence-corrected chi connectivity index (χ4v) is 1.84. The average Bonchev–Trinajstić information content (AvgIpc) is 2.41. The molecule has 7 nitrogen and oxygen atoms in total. The highest BCUT2D eigenvalue weighted by Gasteiger charge is 2.11. The first kappa shape index (κ1) is 16.8. The number of carbonyl (C=O) groups excluding carboxylic acids is 1. The van der Waals surface area contributed by atoms with E-state index in [4.69, 9.17) is 12.2 Å². The summed E-state index contributed by atoms with van der Waals surface area (Å²) in [5.74, 6) is -0.519. The van der Waals surface area contributed by atoms with E-state index in [9.17, 15) is 20.0 Å². The number of nitrogens with one attached hydrogen (secondary N) is 2. The van der Waals surface area contributed by atoms with Crippen LogP contribution in [-0.4, -0.2) is 21.0 Å². The molecule has 0 aliphatic heterocycles. The average molecular weight is 311 g/mol. The molecule has 3 N–H and O–H groups in total. The maximum absolute atomic E-state index is 11.6. The summed E-state index contributed by atoms with van der Waals surface area (Å²) in [7, 11) is 0. The van der Waals surface area contributed by atoms with E-state index < -0.39 is 4.92 Å². The van der Waals surface area contributed by atoms with Crippen LogP contribution in [0.3, 0.4) is 0 Å². The molecule has 0 saturated carbocycles. The van der Waals surface area contributed by atoms with Crippen LogP contribution >= 0.6 is 12.2 Å². The summed E-state index contributed by atoms with van der Waals surface area (Å²) >= 11 is 4.95. The van der Waals surface area contributed by atoms with Gasteiger partial charge >= 0.3 is 0 Å². The fraction of sp³-hybridized carbons (Fsp3) is 0.385. The molecule has 0 saturated heterocycles. The normalized spacial score (nSPS) is 9.95. The summed E-state index contributed by atoms with van der Waals surface area (Å²) in [5, 5.41) is 25.4. The number of benzene rings is 1. The second-order valence-corrected chi connectivity index (χ2v) is 4.83. The molecule has 0 aromatic heterocycles. The number of aromatic hydroxyl groups is 1. The first-order valence-corrected chi connectivity index (χ1v) is 6.93. The van der Waals surface area contributed by atoms with Gasteiger partial charge in [0, 0.05) is 12.5 Å². The molecule has 0 unspecified atom stereocenters. The molecule has 1 amide bonds. The second-order valence-electron chi connectivity index (χ2n) is 4.42. The van der Waals surface area contributed by atoms with E-state index in [-0.39, 0.29) is 28.1 Å². The number of nitro groups is 1. The fourth-order valence-electron chi connectivity index (χ4n) is 1.62. The van der Waals surface area contributed by atoms with Crippen molar-refractivity contribution in [2.45, 2.75) is 32.6 Å². The number of carbonyl (C=O) groups is 1. The maximum atomic E-state index is 11.6. The van der Waals surface area contributed by atoms with Gasteiger partial charge in [0.25, 0.3) is 5.69 Å². The minimum Gasteiger partial charge on any atom is -0.506 e. The molecular formula is C13H17N3O4S. The monoisotopic (exact) mass is 311 g/mol. The molecule has 1 aromatic rings. The summed E-state index contributed by atoms with van der Waals surface area (Å²) in [5.41, 5.74) is -0.0352. The van der Waals surface area contributed by atoms with Crippen LogP contribution in [0.1, 0.15) is 32.6 Å². The standard InChI is InChI=1S/C13H17N3O4S/c1-2-3-4-5-12(18)15-13(21)14-10-7-6-9(16(19)20)8-11(10)17/h6-8,17H,2-5H2,1H3,(H2,14,15,18,21). The van der Waals surface area contributed by atoms with Gasteiger partial charge in [-0.1, -0.05) is 19.8 Å². The van der Waals surface area contributed by atoms with Crippen molar-refractivity contribution >= 4 is 34.6 Å². The van der Waals surface area contributed by atoms with Crippen LogP contribution in [0, 0.1) is 10.1 Å². The summed E-state index contributed by atoms with van der Waals surface area (Å²) in [6.45, 7) is 2.04. The molecule has 1 rings (SSSR count). The largest absolute Gasteiger partial charge is 0.506 e. The van der Waals surface area contributed by atoms with Crippen molar-refractivity contribution in [2.75, 3.05) is 5.32 Å². The summed E-state index contributed by atoms with van der Waals surface area (Å²) < 4.78 is 0. The minimum atomic E-state index is -0.614. The van der Waals surface area contributed by atoms with Crippen LogP contribution < -0.4 is 10.6 Å². The Morgan fingerprint density at radius 1 is 1.43 bits per heavy atom. The van der Waals surface area contributed by atoms with E-state index in [1.165, 1.54) is 12.1 Å². The number of thiocarbonyl (C=S) groups is 1. The number of rotatable bonds is 6. The van der Waals surface area contributed by atoms with Crippen molar-refractivity contribution in [2.24, 2.45) is 0 Å². The number of amides is 1. The lowest BCUT2D eigenvalue weighted by atomic mass is 10.2. The molecule has 114 valence electrons. The first-order chi connectivity index (χ1) is 9.93. The number of hydrogen-bond donors (Lipinski definition) is 3. The summed E-state index contributed by atoms with van der Waals surface area (Å²) in [6, 6.07) is 3.56. The van der Waals surface area contributed by atoms with E-state index >= 15 is 0 Å². The van der Waals surface area contributed by atoms with Crippen molar-refractivity contribution in [1.29, 1.82) is 0 Å². The lowest BCUT2D eigenvalue weighted by molar-refractivity contribution is -0.384. The molecule has 0 bridgehead atoms. The lowest BCUT2D eigenvalue weighted by Gasteiger charge is -2.10. The van der Waals surface area contributed by atoms with Crippen LogP contribution in [0.25, 0.3) is 0 Å². The van der Waals surface area contributed by atoms with Crippen molar-refractivity contribution < 1.29 is 14.8 Å². The molecule has 0 spiro atoms. The third-order valence-corrected chi connectivity index (χ3v) is 2.90. The van der Waals surface area contributed by atoms with Crippen LogP contribution in [0.15, 0.2) is 18.2 Å². The first-order valence-electron chi connectivity index (χ1n) is 6.52. The molecule has 8 heteroatoms. The molecule has 0 heterocycles. The quantitative estimate of drug-likeness (QED) is 0.245. The molecule has 0 aliphatic rings. The van der Waals surface area contributed by atoms with Gasteiger partial charge in [-0.05, 0) is 24.7 Å². The summed E-state index contributed by atoms with van der Waals surface area (Å²) in [6.07, 6.45) is 3.15. The van der Waals surface area contributed by atoms with Crippen molar-refractivity contribution in [3.8, 4) is 5.75 Å². The van der Waals surface area contributed by atoms with E-state index in [2.05, 4.69) is 10.6 Å². The Labute approximate surface area is 127 Å². The van der Waals surface area contributed by atoms with Gasteiger partial charge < -0.3 is 15.7 Å². The Morgan fingerprint density at radius 2 is 2.14 bits per heavy atom. The topological polar surface area (TPSA) is 104 Å². The highest BCUT2D eigenvalue weighted by molar-refractivity contribution is 7.80. The lowest BCUT2D eigenvalue weighted by Crippen LogP contribution is -2.33. The van der Waals surface area contributed by atoms with E-state index in [1.807, 2.05) is 6.92 Å². The SMILES string of the molecule is CCCCCC(=O)NC(=S)Nc1ccc([N+](=O)[O-])cc1O. The Morgan fingerprint density at radius 3 is 2.71 bits per heavy atom. The number of phenols is 1. The van der Waals surface area contributed by atoms with Gasteiger partial charge in [0.2, 0.25) is 5.91 Å². The number of phenolic OH excluding ortho intramolecular Hbond substituents is 1. The zero-order chi connectivity index (χ0) is 15.8. The molecule has 0 atom stereocenters. The zero-order valence-corrected chi connectivity index (χ0v) is 12.4. The van der Waals surface area contributed by atoms with Gasteiger partial charge in [0.15, 0.2) is 5.11 Å². The highest BCUT2D eigenvalue weighted by Crippen LogP contribution is 2.27. The van der Waals surface area contributed by atoms with Gasteiger partial charge in [0.05, 0.1) is 16.7 Å². The van der Waals surface area contributed by atoms with Crippen LogP contribution in [0.2, 0.25) is 0 Å². The van der Waals surface area contributed by atoms with Gasteiger partial charge in [-0.2, -0.15) is 0 Å². The molecule has 0 aliphatic carbocycles. The third-order valence-electron chi connectivity index (χ3n) is 2.70. The Balaban J connectivity index is 2.55. The minimum absolute atomic E-state index is 0.0423. The number of hydrogen-bond acceptors (Lipinski definition) is 5. The highest BCUT2D eigenvalue weighted by atomic mass is 32.1. The zero-order valence-electron chi connectivity index (χ0n) is 11.6. The third kappa shape index (κ3) is 5.74. The van der Waals surface area contributed by atoms with Crippen LogP contribution in [0.4, 0.5) is 11.4 Å². The Bertz CT molecular complexity index is 548. The van der Waals surface area contributed by atoms with E-state index in [0.29, 0.717) is 6.42 Å². The number of anilines is 1. The van der Waals surface area contributed by atoms with E-state index in [1.54, 1.807) is 0 Å². The van der Waals surface area contributed by atoms with Crippen molar-refractivity contribution in [3.63, 3.8) is 0 Å². The smallest absolute Gasteiger partial charge is 0.273 e. The predicted octanol–water partition coefficient (Wildman–Crippen LogP) is 2.69. The predicted molar refractivity (Wildman–Crippen MR) is 83.3 cm³/mol. The number of nitrogens with zero attached hydrogens (tertiary/aromatic N) is 1. The van der Waals surface area contributed by atoms with Crippen molar-refractivity contribution in [3.05, 3.63) is 28.3 Å². The Hall–Kier alpha value is -2.22. The molecule has 0 radical (unpaired) electrons. The van der Waals surface area contributed by atoms with Gasteiger partial charge in [0.1, 0.15) is 5.75 Å². The molecule has 1 aromatic carbocycles. The van der Waals surface area contributed by atoms with E-state index in [0.717, 1.165) is 25.3 Å². The second kappa shape index (κ2) is 8.15. The van der Waals surface area contributed by atoms with Gasteiger partial charge in [-0.15, -0.1) is 0 Å². The number of non-ortho nitro benzene ring substituents is 1. The number of unbranched alkanes of at least 4 members (excludes halogenated alkanes) is 2. The van der Waals surface area contributed by atoms with Gasteiger partial charge in [-0.3, -0.25) is 14.9 Å². The van der Waals surface area contributed by atoms with Crippen LogP contribution in [0.5, 0.6) is 5.75 Å². The Kier molecular flexibility index (Phi) is 6.54. The maximum Gasteiger partial charge on any atom is 0.273 e. The number of nitro benzene ring substituents is 1. The molecular weight excluding hydrogens is 294 g/mol. The molecule has 0 fully saturated rings. The molecule has 21 heavy (non-hydrogen) atoms. The summed E-state index contributed by atoms with van der Waals surface area (Å²) in [4.78, 5) is 21.5.